The van der Waals surface area contributed by atoms with Crippen molar-refractivity contribution in [1.82, 2.24) is 45.4 Å². The number of carbonyl (C=O) groups excluding carboxylic acids is 3. The van der Waals surface area contributed by atoms with Crippen LogP contribution in [0.5, 0.6) is 0 Å². The zero-order chi connectivity index (χ0) is 42.1. The molecule has 5 heterocycles. The first-order valence-electron chi connectivity index (χ1n) is 20.3. The van der Waals surface area contributed by atoms with E-state index in [4.69, 9.17) is 14.7 Å². The van der Waals surface area contributed by atoms with Gasteiger partial charge in [0.2, 0.25) is 11.8 Å². The average molecular weight is 804 g/mol. The quantitative estimate of drug-likeness (QED) is 0.0900. The van der Waals surface area contributed by atoms with E-state index in [2.05, 4.69) is 55.9 Å². The van der Waals surface area contributed by atoms with Crippen molar-refractivity contribution < 1.29 is 29.0 Å². The Morgan fingerprint density at radius 2 is 1.24 bits per heavy atom. The molecule has 0 bridgehead atoms. The monoisotopic (exact) mass is 803 g/mol. The van der Waals surface area contributed by atoms with Crippen LogP contribution in [0.3, 0.4) is 0 Å². The summed E-state index contributed by atoms with van der Waals surface area (Å²) >= 11 is 0. The summed E-state index contributed by atoms with van der Waals surface area (Å²) < 4.78 is 4.78. The lowest BCUT2D eigenvalue weighted by Crippen LogP contribution is -2.52. The van der Waals surface area contributed by atoms with E-state index >= 15 is 0 Å². The summed E-state index contributed by atoms with van der Waals surface area (Å²) in [5.74, 6) is 0.638. The van der Waals surface area contributed by atoms with Crippen molar-refractivity contribution in [2.24, 2.45) is 11.8 Å². The average Bonchev–Trinajstić information content (AvgIpc) is 4.05. The molecule has 310 valence electrons. The summed E-state index contributed by atoms with van der Waals surface area (Å²) in [7, 11) is 1.29. The maximum absolute atomic E-state index is 13.8. The molecule has 2 aliphatic heterocycles. The van der Waals surface area contributed by atoms with Crippen LogP contribution in [-0.2, 0) is 14.3 Å². The van der Waals surface area contributed by atoms with Crippen molar-refractivity contribution in [1.29, 1.82) is 0 Å². The minimum Gasteiger partial charge on any atom is -0.465 e. The lowest BCUT2D eigenvalue weighted by molar-refractivity contribution is -0.138. The fraction of sp³-hybridized carbons (Fsp3) is 0.432. The Bertz CT molecular complexity index is 2340. The Balaban J connectivity index is 1.04. The number of aromatic amines is 2. The topological polar surface area (TPSA) is 199 Å². The zero-order valence-electron chi connectivity index (χ0n) is 34.5. The Hall–Kier alpha value is -6.25. The van der Waals surface area contributed by atoms with Crippen LogP contribution in [0.4, 0.5) is 9.59 Å². The number of fused-ring (bicyclic) bond motifs is 1. The van der Waals surface area contributed by atoms with Gasteiger partial charge in [0.1, 0.15) is 23.7 Å². The number of ether oxygens (including phenoxy) is 1. The number of methoxy groups -OCH3 is 1. The second-order valence-corrected chi connectivity index (χ2v) is 16.4. The second kappa shape index (κ2) is 16.9. The fourth-order valence-electron chi connectivity index (χ4n) is 8.50. The predicted molar refractivity (Wildman–Crippen MR) is 223 cm³/mol. The molecule has 59 heavy (non-hydrogen) atoms. The van der Waals surface area contributed by atoms with Crippen molar-refractivity contribution >= 4 is 34.9 Å². The molecule has 6 atom stereocenters. The van der Waals surface area contributed by atoms with Crippen LogP contribution < -0.4 is 10.6 Å². The number of rotatable bonds is 11. The molecular weight excluding hydrogens is 751 g/mol. The van der Waals surface area contributed by atoms with Crippen LogP contribution in [0.15, 0.2) is 67.0 Å². The van der Waals surface area contributed by atoms with Gasteiger partial charge in [-0.25, -0.2) is 24.5 Å². The number of aromatic nitrogens is 5. The Morgan fingerprint density at radius 1 is 0.712 bits per heavy atom. The number of likely N-dealkylation sites (tertiary alicyclic amines) is 2. The summed E-state index contributed by atoms with van der Waals surface area (Å²) in [6.07, 6.45) is 4.78. The molecule has 0 spiro atoms. The standard InChI is InChI=1S/C44H53N9O6/c1-23(2)37(50-43(56)57)41(54)52-25(5)9-19-36(52)40-46-22-34(49-40)32-17-15-30-20-29(14-16-31(30)47-32)27-10-12-28(13-11-27)33-21-45-39(48-33)35-18-8-26(6)53(35)42(55)38(24(3)4)51-44(58)59-7/h10-17,20-26,35-38,50H,8-9,18-19H2,1-7H3,(H,45,48)(H,46,49)(H,51,58)(H,56,57)/t25-,26-,35-,36-,37?,38?/m0/s1. The van der Waals surface area contributed by atoms with E-state index in [0.29, 0.717) is 18.1 Å². The number of nitrogens with zero attached hydrogens (tertiary/aromatic N) is 5. The van der Waals surface area contributed by atoms with E-state index in [1.807, 2.05) is 70.7 Å². The van der Waals surface area contributed by atoms with Gasteiger partial charge in [-0.2, -0.15) is 0 Å². The molecule has 3 aromatic heterocycles. The molecule has 4 amide bonds. The highest BCUT2D eigenvalue weighted by atomic mass is 16.5. The van der Waals surface area contributed by atoms with E-state index in [1.165, 1.54) is 7.11 Å². The van der Waals surface area contributed by atoms with E-state index in [0.717, 1.165) is 63.9 Å². The van der Waals surface area contributed by atoms with Crippen LogP contribution in [0.2, 0.25) is 0 Å². The maximum Gasteiger partial charge on any atom is 0.407 e. The third-order valence-electron chi connectivity index (χ3n) is 11.8. The first-order chi connectivity index (χ1) is 28.2. The Kier molecular flexibility index (Phi) is 11.7. The van der Waals surface area contributed by atoms with Crippen LogP contribution >= 0.6 is 0 Å². The summed E-state index contributed by atoms with van der Waals surface area (Å²) in [5, 5.41) is 15.5. The summed E-state index contributed by atoms with van der Waals surface area (Å²) in [6.45, 7) is 11.5. The smallest absolute Gasteiger partial charge is 0.407 e. The highest BCUT2D eigenvalue weighted by Gasteiger charge is 2.42. The number of hydrogen-bond acceptors (Lipinski definition) is 8. The second-order valence-electron chi connectivity index (χ2n) is 16.4. The molecular formula is C44H53N9O6. The molecule has 2 aliphatic rings. The highest BCUT2D eigenvalue weighted by molar-refractivity contribution is 5.88. The van der Waals surface area contributed by atoms with Crippen molar-refractivity contribution in [3.63, 3.8) is 0 Å². The van der Waals surface area contributed by atoms with Crippen LogP contribution in [0, 0.1) is 11.8 Å². The number of benzene rings is 2. The van der Waals surface area contributed by atoms with Gasteiger partial charge in [-0.1, -0.05) is 64.1 Å². The minimum absolute atomic E-state index is 0.00594. The molecule has 2 fully saturated rings. The largest absolute Gasteiger partial charge is 0.465 e. The van der Waals surface area contributed by atoms with E-state index in [1.54, 1.807) is 17.3 Å². The molecule has 2 aromatic carbocycles. The van der Waals surface area contributed by atoms with Gasteiger partial charge in [-0.3, -0.25) is 9.59 Å². The number of alkyl carbamates (subject to hydrolysis) is 1. The third kappa shape index (κ3) is 8.36. The molecule has 0 aliphatic carbocycles. The SMILES string of the molecule is COC(=O)NC(C(=O)N1[C@@H](C)CC[C@H]1c1ncc(-c2ccc(-c3ccc4nc(-c5cnc([C@@H]6CC[C@H](C)N6C(=O)C(NC(=O)O)C(C)C)[nH]5)ccc4c3)cc2)[nH]1)C(C)C. The Morgan fingerprint density at radius 3 is 1.80 bits per heavy atom. The minimum atomic E-state index is -1.22. The van der Waals surface area contributed by atoms with Gasteiger partial charge in [0.25, 0.3) is 0 Å². The van der Waals surface area contributed by atoms with Gasteiger partial charge in [0.15, 0.2) is 0 Å². The molecule has 0 saturated carbocycles. The number of pyridine rings is 1. The molecule has 7 rings (SSSR count). The van der Waals surface area contributed by atoms with Crippen LogP contribution in [0.25, 0.3) is 44.7 Å². The van der Waals surface area contributed by atoms with Gasteiger partial charge in [-0.15, -0.1) is 0 Å². The van der Waals surface area contributed by atoms with Gasteiger partial charge in [-0.05, 0) is 86.3 Å². The van der Waals surface area contributed by atoms with Gasteiger partial charge < -0.3 is 40.2 Å². The first-order valence-corrected chi connectivity index (χ1v) is 20.3. The predicted octanol–water partition coefficient (Wildman–Crippen LogP) is 7.46. The number of H-pyrrole nitrogens is 2. The van der Waals surface area contributed by atoms with Crippen molar-refractivity contribution in [2.45, 2.75) is 103 Å². The number of carbonyl (C=O) groups is 4. The molecule has 2 unspecified atom stereocenters. The number of imidazole rings is 2. The summed E-state index contributed by atoms with van der Waals surface area (Å²) in [5.41, 5.74) is 6.17. The van der Waals surface area contributed by atoms with Crippen molar-refractivity contribution in [2.75, 3.05) is 7.11 Å². The summed E-state index contributed by atoms with van der Waals surface area (Å²) in [6, 6.07) is 16.2. The number of nitrogens with one attached hydrogen (secondary N) is 4. The molecule has 5 aromatic rings. The molecule has 5 N–H and O–H groups in total. The molecule has 2 saturated heterocycles. The first kappa shape index (κ1) is 40.9. The third-order valence-corrected chi connectivity index (χ3v) is 11.8. The highest BCUT2D eigenvalue weighted by Crippen LogP contribution is 2.38. The fourth-order valence-corrected chi connectivity index (χ4v) is 8.50. The maximum atomic E-state index is 13.8. The van der Waals surface area contributed by atoms with E-state index < -0.39 is 24.3 Å². The van der Waals surface area contributed by atoms with E-state index in [9.17, 15) is 24.3 Å². The van der Waals surface area contributed by atoms with E-state index in [-0.39, 0.29) is 47.8 Å². The number of carboxylic acid groups (broad SMARTS) is 1. The van der Waals surface area contributed by atoms with Gasteiger partial charge in [0, 0.05) is 17.5 Å². The molecule has 15 nitrogen and oxygen atoms in total. The van der Waals surface area contributed by atoms with Gasteiger partial charge >= 0.3 is 12.2 Å². The lowest BCUT2D eigenvalue weighted by Gasteiger charge is -2.32. The number of amides is 4. The Labute approximate surface area is 343 Å². The normalized spacial score (nSPS) is 20.3. The lowest BCUT2D eigenvalue weighted by atomic mass is 10.0. The zero-order valence-corrected chi connectivity index (χ0v) is 34.5. The van der Waals surface area contributed by atoms with Crippen molar-refractivity contribution in [3.05, 3.63) is 78.6 Å². The van der Waals surface area contributed by atoms with Crippen LogP contribution in [-0.4, -0.2) is 95.1 Å². The number of hydrogen-bond donors (Lipinski definition) is 5. The van der Waals surface area contributed by atoms with Crippen LogP contribution in [0.1, 0.15) is 91.0 Å². The van der Waals surface area contributed by atoms with Gasteiger partial charge in [0.05, 0.1) is 54.2 Å². The van der Waals surface area contributed by atoms with Crippen molar-refractivity contribution in [3.8, 4) is 33.8 Å². The summed E-state index contributed by atoms with van der Waals surface area (Å²) in [4.78, 5) is 75.7. The molecule has 15 heteroatoms. The molecule has 0 radical (unpaired) electrons.